The molecule has 0 saturated carbocycles. The van der Waals surface area contributed by atoms with Crippen molar-refractivity contribution in [2.75, 3.05) is 0 Å². The van der Waals surface area contributed by atoms with E-state index >= 15 is 0 Å². The third kappa shape index (κ3) is 7.72. The summed E-state index contributed by atoms with van der Waals surface area (Å²) in [6.07, 6.45) is 21.7. The van der Waals surface area contributed by atoms with Crippen LogP contribution >= 0.6 is 0 Å². The summed E-state index contributed by atoms with van der Waals surface area (Å²) in [5, 5.41) is 0. The van der Waals surface area contributed by atoms with Crippen molar-refractivity contribution in [2.24, 2.45) is 0 Å². The van der Waals surface area contributed by atoms with Crippen LogP contribution in [0.25, 0.3) is 0 Å². The SMILES string of the molecule is CCCCCCCCCCCCC1=[C]([Zr])CC=C1. The molecule has 0 aliphatic heterocycles. The first-order valence-electron chi connectivity index (χ1n) is 7.94. The molecule has 0 saturated heterocycles. The summed E-state index contributed by atoms with van der Waals surface area (Å²) in [4.78, 5) is 0. The zero-order valence-electron chi connectivity index (χ0n) is 12.1. The molecule has 0 N–H and O–H groups in total. The number of hydrogen-bond donors (Lipinski definition) is 0. The van der Waals surface area contributed by atoms with Gasteiger partial charge in [-0.1, -0.05) is 13.3 Å². The summed E-state index contributed by atoms with van der Waals surface area (Å²) in [5.74, 6) is 0. The maximum atomic E-state index is 2.36. The van der Waals surface area contributed by atoms with Gasteiger partial charge in [0.2, 0.25) is 0 Å². The average molecular weight is 325 g/mol. The van der Waals surface area contributed by atoms with Crippen LogP contribution in [0.5, 0.6) is 0 Å². The van der Waals surface area contributed by atoms with E-state index in [0.29, 0.717) is 0 Å². The van der Waals surface area contributed by atoms with E-state index in [4.69, 9.17) is 0 Å². The Morgan fingerprint density at radius 3 is 1.94 bits per heavy atom. The van der Waals surface area contributed by atoms with Gasteiger partial charge in [-0.15, -0.1) is 0 Å². The second kappa shape index (κ2) is 11.2. The van der Waals surface area contributed by atoms with Crippen LogP contribution in [-0.2, 0) is 24.7 Å². The van der Waals surface area contributed by atoms with Crippen molar-refractivity contribution in [3.8, 4) is 0 Å². The van der Waals surface area contributed by atoms with Gasteiger partial charge in [0.1, 0.15) is 0 Å². The minimum atomic E-state index is 1.24. The molecule has 1 aliphatic carbocycles. The zero-order chi connectivity index (χ0) is 13.1. The van der Waals surface area contributed by atoms with Crippen LogP contribution in [0.4, 0.5) is 0 Å². The summed E-state index contributed by atoms with van der Waals surface area (Å²) in [6.45, 7) is 2.29. The number of rotatable bonds is 11. The number of unbranched alkanes of at least 4 members (excludes halogenated alkanes) is 9. The van der Waals surface area contributed by atoms with Gasteiger partial charge in [0.15, 0.2) is 0 Å². The van der Waals surface area contributed by atoms with Crippen molar-refractivity contribution in [2.45, 2.75) is 84.0 Å². The second-order valence-electron chi connectivity index (χ2n) is 5.54. The maximum absolute atomic E-state index is 2.36. The summed E-state index contributed by atoms with van der Waals surface area (Å²) >= 11 is 1.63. The molecule has 0 radical (unpaired) electrons. The predicted molar refractivity (Wildman–Crippen MR) is 77.2 cm³/mol. The van der Waals surface area contributed by atoms with Gasteiger partial charge in [-0.05, 0) is 0 Å². The fourth-order valence-corrected chi connectivity index (χ4v) is 3.39. The summed E-state index contributed by atoms with van der Waals surface area (Å²) < 4.78 is 1.69. The standard InChI is InChI=1S/C17H29.Zr/c1-2-3-4-5-6-7-8-9-10-11-14-17-15-12-13-16-17;/h12,15H,2-11,13-14H2,1H3;. The van der Waals surface area contributed by atoms with Crippen molar-refractivity contribution >= 4 is 0 Å². The van der Waals surface area contributed by atoms with Gasteiger partial charge >= 0.3 is 116 Å². The van der Waals surface area contributed by atoms with Crippen LogP contribution in [0.2, 0.25) is 0 Å². The van der Waals surface area contributed by atoms with E-state index in [2.05, 4.69) is 19.1 Å². The molecule has 1 aliphatic rings. The fraction of sp³-hybridized carbons (Fsp3) is 0.765. The number of allylic oxidation sites excluding steroid dienone is 4. The molecule has 0 aromatic carbocycles. The van der Waals surface area contributed by atoms with Gasteiger partial charge in [-0.3, -0.25) is 0 Å². The molecule has 1 rings (SSSR count). The van der Waals surface area contributed by atoms with Gasteiger partial charge in [0.05, 0.1) is 0 Å². The van der Waals surface area contributed by atoms with Crippen LogP contribution in [0, 0.1) is 0 Å². The molecule has 101 valence electrons. The van der Waals surface area contributed by atoms with E-state index < -0.39 is 0 Å². The third-order valence-electron chi connectivity index (χ3n) is 3.83. The first-order chi connectivity index (χ1) is 8.84. The van der Waals surface area contributed by atoms with Crippen molar-refractivity contribution in [3.05, 3.63) is 21.0 Å². The minimum absolute atomic E-state index is 1.24. The van der Waals surface area contributed by atoms with Gasteiger partial charge in [-0.25, -0.2) is 0 Å². The average Bonchev–Trinajstić information content (AvgIpc) is 2.77. The topological polar surface area (TPSA) is 0 Å². The normalized spacial score (nSPS) is 14.7. The Bertz CT molecular complexity index is 263. The molecule has 0 bridgehead atoms. The Balaban J connectivity index is 1.82. The molecule has 0 heterocycles. The Kier molecular flexibility index (Phi) is 10.2. The quantitative estimate of drug-likeness (QED) is 0.405. The first-order valence-corrected chi connectivity index (χ1v) is 9.17. The molecule has 1 heteroatoms. The summed E-state index contributed by atoms with van der Waals surface area (Å²) in [6, 6.07) is 0. The Morgan fingerprint density at radius 1 is 0.889 bits per heavy atom. The molecule has 0 spiro atoms. The van der Waals surface area contributed by atoms with Crippen LogP contribution < -0.4 is 0 Å². The molecular formula is C17H29Zr. The molecule has 0 unspecified atom stereocenters. The van der Waals surface area contributed by atoms with Gasteiger partial charge in [0.25, 0.3) is 0 Å². The molecule has 0 aromatic rings. The Labute approximate surface area is 129 Å². The Morgan fingerprint density at radius 2 is 1.44 bits per heavy atom. The van der Waals surface area contributed by atoms with Crippen molar-refractivity contribution in [3.63, 3.8) is 0 Å². The summed E-state index contributed by atoms with van der Waals surface area (Å²) in [5.41, 5.74) is 1.66. The fourth-order valence-electron chi connectivity index (χ4n) is 2.59. The van der Waals surface area contributed by atoms with E-state index in [1.807, 2.05) is 0 Å². The van der Waals surface area contributed by atoms with Gasteiger partial charge < -0.3 is 0 Å². The molecular weight excluding hydrogens is 295 g/mol. The monoisotopic (exact) mass is 323 g/mol. The van der Waals surface area contributed by atoms with E-state index in [-0.39, 0.29) is 0 Å². The van der Waals surface area contributed by atoms with Gasteiger partial charge in [-0.2, -0.15) is 0 Å². The van der Waals surface area contributed by atoms with Gasteiger partial charge in [0, 0.05) is 0 Å². The predicted octanol–water partition coefficient (Wildman–Crippen LogP) is 6.06. The van der Waals surface area contributed by atoms with Crippen LogP contribution in [0.1, 0.15) is 84.0 Å². The zero-order valence-corrected chi connectivity index (χ0v) is 14.6. The molecule has 0 aromatic heterocycles. The van der Waals surface area contributed by atoms with Crippen molar-refractivity contribution < 1.29 is 24.7 Å². The van der Waals surface area contributed by atoms with Crippen LogP contribution in [0.15, 0.2) is 21.0 Å². The molecule has 0 nitrogen and oxygen atoms in total. The third-order valence-corrected chi connectivity index (χ3v) is 5.12. The molecule has 0 fully saturated rings. The first kappa shape index (κ1) is 16.4. The summed E-state index contributed by atoms with van der Waals surface area (Å²) in [7, 11) is 0. The number of hydrogen-bond acceptors (Lipinski definition) is 0. The van der Waals surface area contributed by atoms with Crippen molar-refractivity contribution in [1.29, 1.82) is 0 Å². The molecule has 0 amide bonds. The van der Waals surface area contributed by atoms with E-state index in [0.717, 1.165) is 0 Å². The van der Waals surface area contributed by atoms with E-state index in [1.165, 1.54) is 77.0 Å². The molecule has 18 heavy (non-hydrogen) atoms. The van der Waals surface area contributed by atoms with E-state index in [1.54, 1.807) is 33.6 Å². The van der Waals surface area contributed by atoms with E-state index in [9.17, 15) is 0 Å². The van der Waals surface area contributed by atoms with Crippen LogP contribution in [0.3, 0.4) is 0 Å². The van der Waals surface area contributed by atoms with Crippen LogP contribution in [-0.4, -0.2) is 0 Å². The Hall–Kier alpha value is 0.363. The van der Waals surface area contributed by atoms with Crippen molar-refractivity contribution in [1.82, 2.24) is 0 Å². The second-order valence-corrected chi connectivity index (χ2v) is 7.03. The molecule has 0 atom stereocenters.